The van der Waals surface area contributed by atoms with Crippen LogP contribution in [0.5, 0.6) is 0 Å². The van der Waals surface area contributed by atoms with Crippen molar-refractivity contribution in [1.29, 1.82) is 0 Å². The van der Waals surface area contributed by atoms with Gasteiger partial charge >= 0.3 is 29.6 Å². The maximum atomic E-state index is 11.1. The maximum Gasteiger partial charge on any atom is 1.00 e. The van der Waals surface area contributed by atoms with Gasteiger partial charge in [0.15, 0.2) is 0 Å². The third-order valence-corrected chi connectivity index (χ3v) is 5.84. The second-order valence-corrected chi connectivity index (χ2v) is 8.38. The summed E-state index contributed by atoms with van der Waals surface area (Å²) in [6.07, 6.45) is 13.7. The minimum absolute atomic E-state index is 0. The number of hydrogen-bond acceptors (Lipinski definition) is 4. The van der Waals surface area contributed by atoms with Crippen molar-refractivity contribution in [1.82, 2.24) is 0 Å². The predicted octanol–water partition coefficient (Wildman–Crippen LogP) is 1.77. The molecule has 0 aromatic rings. The molecule has 0 aliphatic rings. The molecule has 0 saturated carbocycles. The van der Waals surface area contributed by atoms with Crippen molar-refractivity contribution >= 4 is 10.1 Å². The molecule has 1 N–H and O–H groups in total. The van der Waals surface area contributed by atoms with Gasteiger partial charge in [-0.25, -0.2) is 8.42 Å². The molecule has 0 fully saturated rings. The first-order chi connectivity index (χ1) is 10.9. The topological polar surface area (TPSA) is 77.4 Å². The van der Waals surface area contributed by atoms with Gasteiger partial charge in [0.2, 0.25) is 0 Å². The minimum atomic E-state index is -4.11. The zero-order valence-corrected chi connectivity index (χ0v) is 19.0. The first-order valence-electron chi connectivity index (χ1n) is 9.54. The van der Waals surface area contributed by atoms with E-state index in [-0.39, 0.29) is 35.7 Å². The average Bonchev–Trinajstić information content (AvgIpc) is 2.50. The van der Waals surface area contributed by atoms with Crippen LogP contribution < -0.4 is 29.6 Å². The molecule has 2 unspecified atom stereocenters. The first-order valence-corrected chi connectivity index (χ1v) is 11.0. The van der Waals surface area contributed by atoms with Gasteiger partial charge in [0, 0.05) is 5.25 Å². The Kier molecular flexibility index (Phi) is 19.5. The van der Waals surface area contributed by atoms with Gasteiger partial charge in [0.1, 0.15) is 0 Å². The number of aliphatic hydroxyl groups excluding tert-OH is 1. The molecule has 140 valence electrons. The molecular formula is C18H37NaO4S. The quantitative estimate of drug-likeness (QED) is 0.254. The summed E-state index contributed by atoms with van der Waals surface area (Å²) in [5.41, 5.74) is 0. The Bertz CT molecular complexity index is 360. The normalized spacial score (nSPS) is 14.2. The summed E-state index contributed by atoms with van der Waals surface area (Å²) in [4.78, 5) is 0. The fraction of sp³-hybridized carbons (Fsp3) is 1.00. The molecule has 0 aliphatic heterocycles. The molecule has 0 heterocycles. The molecule has 0 radical (unpaired) electrons. The van der Waals surface area contributed by atoms with Crippen LogP contribution in [0.15, 0.2) is 0 Å². The van der Waals surface area contributed by atoms with Crippen LogP contribution in [0.4, 0.5) is 0 Å². The zero-order chi connectivity index (χ0) is 17.6. The van der Waals surface area contributed by atoms with Gasteiger partial charge in [-0.05, 0) is 25.7 Å². The summed E-state index contributed by atoms with van der Waals surface area (Å²) in [6.45, 7) is 3.93. The molecule has 6 heteroatoms. The van der Waals surface area contributed by atoms with E-state index < -0.39 is 15.4 Å². The summed E-state index contributed by atoms with van der Waals surface area (Å²) >= 11 is 0. The standard InChI is InChI=1S/C18H38O4S.Na/c1-3-14-18(23(20,21)22)16-13-11-9-7-5-6-8-10-12-15-17(19)4-2;/h17-19H,3-16H2,1-2H3,(H,20,21,22);/q;+1/p-1. The van der Waals surface area contributed by atoms with E-state index in [4.69, 9.17) is 0 Å². The van der Waals surface area contributed by atoms with Gasteiger partial charge in [-0.1, -0.05) is 78.1 Å². The van der Waals surface area contributed by atoms with Crippen LogP contribution >= 0.6 is 0 Å². The third kappa shape index (κ3) is 16.3. The fourth-order valence-corrected chi connectivity index (χ4v) is 3.93. The van der Waals surface area contributed by atoms with E-state index in [0.29, 0.717) is 12.8 Å². The van der Waals surface area contributed by atoms with Crippen LogP contribution in [0.3, 0.4) is 0 Å². The Hall–Kier alpha value is 0.870. The maximum absolute atomic E-state index is 11.1. The molecule has 4 nitrogen and oxygen atoms in total. The van der Waals surface area contributed by atoms with Crippen molar-refractivity contribution in [2.45, 2.75) is 115 Å². The molecule has 0 aromatic heterocycles. The van der Waals surface area contributed by atoms with E-state index in [1.807, 2.05) is 13.8 Å². The van der Waals surface area contributed by atoms with Gasteiger partial charge in [0.25, 0.3) is 0 Å². The summed E-state index contributed by atoms with van der Waals surface area (Å²) < 4.78 is 33.3. The van der Waals surface area contributed by atoms with E-state index in [1.54, 1.807) is 0 Å². The summed E-state index contributed by atoms with van der Waals surface area (Å²) in [6, 6.07) is 0. The van der Waals surface area contributed by atoms with Crippen LogP contribution in [0.1, 0.15) is 104 Å². The van der Waals surface area contributed by atoms with Crippen molar-refractivity contribution < 1.29 is 47.6 Å². The fourth-order valence-electron chi connectivity index (χ4n) is 2.95. The van der Waals surface area contributed by atoms with Gasteiger partial charge in [-0.3, -0.25) is 0 Å². The van der Waals surface area contributed by atoms with Crippen molar-refractivity contribution in [3.63, 3.8) is 0 Å². The smallest absolute Gasteiger partial charge is 0.748 e. The number of aliphatic hydroxyl groups is 1. The second kappa shape index (κ2) is 17.3. The minimum Gasteiger partial charge on any atom is -0.748 e. The van der Waals surface area contributed by atoms with E-state index >= 15 is 0 Å². The average molecular weight is 373 g/mol. The van der Waals surface area contributed by atoms with Crippen LogP contribution in [0, 0.1) is 0 Å². The second-order valence-electron chi connectivity index (χ2n) is 6.72. The first kappa shape index (κ1) is 27.1. The van der Waals surface area contributed by atoms with Gasteiger partial charge in [-0.2, -0.15) is 0 Å². The Morgan fingerprint density at radius 1 is 0.792 bits per heavy atom. The van der Waals surface area contributed by atoms with E-state index in [9.17, 15) is 18.1 Å². The molecular weight excluding hydrogens is 335 g/mol. The van der Waals surface area contributed by atoms with E-state index in [0.717, 1.165) is 44.9 Å². The SMILES string of the molecule is CCCC(CCCCCCCCCCCC(O)CC)S(=O)(=O)[O-].[Na+]. The molecule has 0 aliphatic carbocycles. The molecule has 24 heavy (non-hydrogen) atoms. The Morgan fingerprint density at radius 2 is 1.21 bits per heavy atom. The van der Waals surface area contributed by atoms with E-state index in [1.165, 1.54) is 32.1 Å². The molecule has 0 aromatic carbocycles. The van der Waals surface area contributed by atoms with Gasteiger partial charge in [-0.15, -0.1) is 0 Å². The third-order valence-electron chi connectivity index (χ3n) is 4.55. The molecule has 0 spiro atoms. The predicted molar refractivity (Wildman–Crippen MR) is 95.5 cm³/mol. The van der Waals surface area contributed by atoms with Crippen LogP contribution in [-0.2, 0) is 10.1 Å². The molecule has 0 saturated heterocycles. The van der Waals surface area contributed by atoms with Crippen LogP contribution in [-0.4, -0.2) is 29.4 Å². The Balaban J connectivity index is 0. The summed E-state index contributed by atoms with van der Waals surface area (Å²) in [5, 5.41) is 8.77. The Morgan fingerprint density at radius 3 is 1.58 bits per heavy atom. The largest absolute Gasteiger partial charge is 1.00 e. The molecule has 0 rings (SSSR count). The number of hydrogen-bond donors (Lipinski definition) is 1. The number of unbranched alkanes of at least 4 members (excludes halogenated alkanes) is 8. The molecule has 0 amide bonds. The van der Waals surface area contributed by atoms with Crippen molar-refractivity contribution in [3.05, 3.63) is 0 Å². The van der Waals surface area contributed by atoms with Gasteiger partial charge in [0.05, 0.1) is 16.2 Å². The summed E-state index contributed by atoms with van der Waals surface area (Å²) in [5.74, 6) is 0. The van der Waals surface area contributed by atoms with Gasteiger partial charge < -0.3 is 9.66 Å². The van der Waals surface area contributed by atoms with Crippen molar-refractivity contribution in [2.75, 3.05) is 0 Å². The monoisotopic (exact) mass is 372 g/mol. The molecule has 0 bridgehead atoms. The Labute approximate surface area is 172 Å². The molecule has 2 atom stereocenters. The zero-order valence-electron chi connectivity index (χ0n) is 16.1. The van der Waals surface area contributed by atoms with E-state index in [2.05, 4.69) is 0 Å². The number of rotatable bonds is 16. The van der Waals surface area contributed by atoms with Crippen LogP contribution in [0.2, 0.25) is 0 Å². The summed E-state index contributed by atoms with van der Waals surface area (Å²) in [7, 11) is -4.11. The van der Waals surface area contributed by atoms with Crippen molar-refractivity contribution in [2.24, 2.45) is 0 Å². The van der Waals surface area contributed by atoms with Crippen molar-refractivity contribution in [3.8, 4) is 0 Å². The van der Waals surface area contributed by atoms with Crippen LogP contribution in [0.25, 0.3) is 0 Å².